The van der Waals surface area contributed by atoms with Gasteiger partial charge < -0.3 is 10.1 Å². The summed E-state index contributed by atoms with van der Waals surface area (Å²) in [5.41, 5.74) is 1.89. The third-order valence-corrected chi connectivity index (χ3v) is 4.40. The standard InChI is InChI=1S/C16H16N4O2S/c1-9-8-12-14(23-9)13(15(21)22-3)20-16(19-12)18-10(2)11-6-4-5-7-17-11/h4-8,10H,1-3H3,(H,18,19,20). The molecule has 0 saturated carbocycles. The normalized spacial score (nSPS) is 12.1. The van der Waals surface area contributed by atoms with Gasteiger partial charge in [0.15, 0.2) is 5.69 Å². The maximum atomic E-state index is 12.0. The van der Waals surface area contributed by atoms with Crippen LogP contribution in [0.25, 0.3) is 10.2 Å². The van der Waals surface area contributed by atoms with E-state index in [4.69, 9.17) is 4.74 Å². The molecule has 3 aromatic heterocycles. The molecule has 1 N–H and O–H groups in total. The van der Waals surface area contributed by atoms with Crippen LogP contribution in [0.4, 0.5) is 5.95 Å². The van der Waals surface area contributed by atoms with Gasteiger partial charge in [-0.2, -0.15) is 0 Å². The quantitative estimate of drug-likeness (QED) is 0.740. The van der Waals surface area contributed by atoms with E-state index in [1.54, 1.807) is 6.20 Å². The number of carbonyl (C=O) groups is 1. The molecule has 0 aliphatic carbocycles. The molecule has 1 atom stereocenters. The molecular formula is C16H16N4O2S. The van der Waals surface area contributed by atoms with Gasteiger partial charge in [-0.25, -0.2) is 14.8 Å². The van der Waals surface area contributed by atoms with Gasteiger partial charge in [-0.05, 0) is 32.0 Å². The molecule has 0 saturated heterocycles. The van der Waals surface area contributed by atoms with Crippen LogP contribution in [0.1, 0.15) is 34.0 Å². The fourth-order valence-electron chi connectivity index (χ4n) is 2.25. The largest absolute Gasteiger partial charge is 0.464 e. The van der Waals surface area contributed by atoms with Crippen molar-refractivity contribution < 1.29 is 9.53 Å². The van der Waals surface area contributed by atoms with Crippen molar-refractivity contribution in [3.05, 3.63) is 46.7 Å². The summed E-state index contributed by atoms with van der Waals surface area (Å²) in [7, 11) is 1.35. The van der Waals surface area contributed by atoms with Crippen LogP contribution in [0.5, 0.6) is 0 Å². The predicted molar refractivity (Wildman–Crippen MR) is 89.8 cm³/mol. The Kier molecular flexibility index (Phi) is 4.20. The molecule has 0 aliphatic heterocycles. The van der Waals surface area contributed by atoms with Crippen LogP contribution in [-0.2, 0) is 4.74 Å². The molecule has 0 spiro atoms. The van der Waals surface area contributed by atoms with E-state index in [-0.39, 0.29) is 11.7 Å². The van der Waals surface area contributed by atoms with Gasteiger partial charge in [0.05, 0.1) is 29.1 Å². The molecule has 0 aromatic carbocycles. The lowest BCUT2D eigenvalue weighted by Gasteiger charge is -2.13. The van der Waals surface area contributed by atoms with E-state index >= 15 is 0 Å². The highest BCUT2D eigenvalue weighted by molar-refractivity contribution is 7.19. The van der Waals surface area contributed by atoms with Crippen molar-refractivity contribution in [2.75, 3.05) is 12.4 Å². The number of aromatic nitrogens is 3. The summed E-state index contributed by atoms with van der Waals surface area (Å²) in [6.45, 7) is 3.93. The van der Waals surface area contributed by atoms with Gasteiger partial charge in [0.25, 0.3) is 0 Å². The minimum Gasteiger partial charge on any atom is -0.464 e. The Hall–Kier alpha value is -2.54. The number of ether oxygens (including phenoxy) is 1. The Morgan fingerprint density at radius 1 is 1.35 bits per heavy atom. The maximum Gasteiger partial charge on any atom is 0.358 e. The Bertz CT molecular complexity index is 848. The minimum absolute atomic E-state index is 0.0844. The first-order chi connectivity index (χ1) is 11.1. The molecule has 0 radical (unpaired) electrons. The SMILES string of the molecule is COC(=O)c1nc(NC(C)c2ccccn2)nc2cc(C)sc12. The van der Waals surface area contributed by atoms with E-state index in [1.165, 1.54) is 18.4 Å². The molecule has 1 unspecified atom stereocenters. The number of nitrogens with one attached hydrogen (secondary N) is 1. The molecule has 3 heterocycles. The zero-order valence-electron chi connectivity index (χ0n) is 13.0. The highest BCUT2D eigenvalue weighted by atomic mass is 32.1. The summed E-state index contributed by atoms with van der Waals surface area (Å²) in [6.07, 6.45) is 1.74. The van der Waals surface area contributed by atoms with Crippen LogP contribution in [0, 0.1) is 6.92 Å². The van der Waals surface area contributed by atoms with Crippen molar-refractivity contribution in [3.8, 4) is 0 Å². The number of thiophene rings is 1. The van der Waals surface area contributed by atoms with E-state index in [1.807, 2.05) is 38.1 Å². The third kappa shape index (κ3) is 3.14. The number of fused-ring (bicyclic) bond motifs is 1. The Balaban J connectivity index is 1.99. The van der Waals surface area contributed by atoms with E-state index in [0.29, 0.717) is 5.95 Å². The van der Waals surface area contributed by atoms with Gasteiger partial charge in [-0.3, -0.25) is 4.98 Å². The molecule has 0 aliphatic rings. The third-order valence-electron chi connectivity index (χ3n) is 3.35. The lowest BCUT2D eigenvalue weighted by molar-refractivity contribution is 0.0597. The van der Waals surface area contributed by atoms with Gasteiger partial charge >= 0.3 is 5.97 Å². The second-order valence-electron chi connectivity index (χ2n) is 5.08. The summed E-state index contributed by atoms with van der Waals surface area (Å²) in [5.74, 6) is -0.0818. The second-order valence-corrected chi connectivity index (χ2v) is 6.34. The summed E-state index contributed by atoms with van der Waals surface area (Å²) in [4.78, 5) is 26.2. The monoisotopic (exact) mass is 328 g/mol. The maximum absolute atomic E-state index is 12.0. The van der Waals surface area contributed by atoms with E-state index in [2.05, 4.69) is 20.3 Å². The minimum atomic E-state index is -0.465. The number of nitrogens with zero attached hydrogens (tertiary/aromatic N) is 3. The average Bonchev–Trinajstić information content (AvgIpc) is 2.94. The van der Waals surface area contributed by atoms with E-state index < -0.39 is 5.97 Å². The average molecular weight is 328 g/mol. The summed E-state index contributed by atoms with van der Waals surface area (Å²) >= 11 is 1.48. The number of aryl methyl sites for hydroxylation is 1. The zero-order chi connectivity index (χ0) is 16.4. The Morgan fingerprint density at radius 2 is 2.17 bits per heavy atom. The Labute approximate surface area is 137 Å². The molecule has 3 aromatic rings. The van der Waals surface area contributed by atoms with Crippen LogP contribution in [0.2, 0.25) is 0 Å². The molecule has 0 bridgehead atoms. The van der Waals surface area contributed by atoms with E-state index in [0.717, 1.165) is 20.8 Å². The van der Waals surface area contributed by atoms with E-state index in [9.17, 15) is 4.79 Å². The molecule has 23 heavy (non-hydrogen) atoms. The van der Waals surface area contributed by atoms with Crippen LogP contribution >= 0.6 is 11.3 Å². The molecule has 3 rings (SSSR count). The number of pyridine rings is 1. The highest BCUT2D eigenvalue weighted by Crippen LogP contribution is 2.28. The van der Waals surface area contributed by atoms with Crippen molar-refractivity contribution in [2.24, 2.45) is 0 Å². The first kappa shape index (κ1) is 15.4. The van der Waals surface area contributed by atoms with Crippen molar-refractivity contribution in [1.29, 1.82) is 0 Å². The molecule has 118 valence electrons. The van der Waals surface area contributed by atoms with Crippen LogP contribution in [-0.4, -0.2) is 28.0 Å². The summed E-state index contributed by atoms with van der Waals surface area (Å²) in [5, 5.41) is 3.19. The lowest BCUT2D eigenvalue weighted by Crippen LogP contribution is -2.13. The number of carbonyl (C=O) groups excluding carboxylic acids is 1. The van der Waals surface area contributed by atoms with Crippen molar-refractivity contribution in [1.82, 2.24) is 15.0 Å². The van der Waals surface area contributed by atoms with Gasteiger partial charge in [-0.1, -0.05) is 6.07 Å². The summed E-state index contributed by atoms with van der Waals surface area (Å²) < 4.78 is 5.58. The van der Waals surface area contributed by atoms with Crippen molar-refractivity contribution in [3.63, 3.8) is 0 Å². The highest BCUT2D eigenvalue weighted by Gasteiger charge is 2.18. The van der Waals surface area contributed by atoms with Crippen LogP contribution in [0.15, 0.2) is 30.5 Å². The molecule has 6 nitrogen and oxygen atoms in total. The number of esters is 1. The first-order valence-electron chi connectivity index (χ1n) is 7.12. The van der Waals surface area contributed by atoms with Gasteiger partial charge in [0.1, 0.15) is 0 Å². The number of methoxy groups -OCH3 is 1. The molecule has 7 heteroatoms. The van der Waals surface area contributed by atoms with Crippen molar-refractivity contribution in [2.45, 2.75) is 19.9 Å². The van der Waals surface area contributed by atoms with Crippen LogP contribution < -0.4 is 5.32 Å². The second kappa shape index (κ2) is 6.29. The fourth-order valence-corrected chi connectivity index (χ4v) is 3.18. The number of hydrogen-bond acceptors (Lipinski definition) is 7. The Morgan fingerprint density at radius 3 is 2.87 bits per heavy atom. The van der Waals surface area contributed by atoms with Gasteiger partial charge in [-0.15, -0.1) is 11.3 Å². The molecular weight excluding hydrogens is 312 g/mol. The fraction of sp³-hybridized carbons (Fsp3) is 0.250. The van der Waals surface area contributed by atoms with Gasteiger partial charge in [0, 0.05) is 11.1 Å². The smallest absolute Gasteiger partial charge is 0.358 e. The van der Waals surface area contributed by atoms with Gasteiger partial charge in [0.2, 0.25) is 5.95 Å². The molecule has 0 amide bonds. The summed E-state index contributed by atoms with van der Waals surface area (Å²) in [6, 6.07) is 7.56. The molecule has 0 fully saturated rings. The van der Waals surface area contributed by atoms with Crippen LogP contribution in [0.3, 0.4) is 0 Å². The topological polar surface area (TPSA) is 77.0 Å². The zero-order valence-corrected chi connectivity index (χ0v) is 13.8. The van der Waals surface area contributed by atoms with Crippen molar-refractivity contribution >= 4 is 33.5 Å². The number of anilines is 1. The number of hydrogen-bond donors (Lipinski definition) is 1. The predicted octanol–water partition coefficient (Wildman–Crippen LogP) is 3.35. The first-order valence-corrected chi connectivity index (χ1v) is 7.94. The number of rotatable bonds is 4. The lowest BCUT2D eigenvalue weighted by atomic mass is 10.2.